The lowest BCUT2D eigenvalue weighted by Gasteiger charge is -2.19. The fourth-order valence-electron chi connectivity index (χ4n) is 13.0. The first-order valence-electron chi connectivity index (χ1n) is 40.5. The van der Waals surface area contributed by atoms with Crippen LogP contribution in [0.1, 0.15) is 116 Å². The second-order valence-corrected chi connectivity index (χ2v) is 38.6. The van der Waals surface area contributed by atoms with Crippen LogP contribution in [0.2, 0.25) is 0 Å². The molecule has 18 nitrogen and oxygen atoms in total. The molecule has 0 fully saturated rings. The molecule has 12 aromatic rings. The van der Waals surface area contributed by atoms with Crippen molar-refractivity contribution < 1.29 is 81.7 Å². The lowest BCUT2D eigenvalue weighted by atomic mass is 9.98. The molecule has 0 heterocycles. The lowest BCUT2D eigenvalue weighted by molar-refractivity contribution is 0.218. The Morgan fingerprint density at radius 3 is 0.924 bits per heavy atom. The van der Waals surface area contributed by atoms with Crippen LogP contribution >= 0.6 is 45.6 Å². The Kier molecular flexibility index (Phi) is 42.5. The van der Waals surface area contributed by atoms with Gasteiger partial charge in [-0.3, -0.25) is 27.4 Å². The monoisotopic (exact) mass is 1720 g/mol. The summed E-state index contributed by atoms with van der Waals surface area (Å²) in [5.74, 6) is 0. The Labute approximate surface area is 700 Å². The van der Waals surface area contributed by atoms with Crippen molar-refractivity contribution in [1.29, 1.82) is 0 Å². The summed E-state index contributed by atoms with van der Waals surface area (Å²) < 4.78 is 140. The fraction of sp³-hybridized carbons (Fsp3) is 0.319. The Balaban J connectivity index is 0.000000196. The standard InChI is InChI=1S/C19H21O3P.2C17H21O3P.2C15H19O3P.C11H17O3P/c1-3-21-23(20,22-4-2)14-19-17-11-7-5-9-15(17)13-16-10-6-8-12-18(16)19;1-3-19-21(18,20-4-2)14-16-12-8-9-13-17(16)15-10-6-5-7-11-15;1-3-19-21(18,20-4-2)14-15-10-12-17(13-11-15)16-8-6-5-7-9-16;1-3-17-19(16,18-4-2)12-14-10-7-9-13-8-5-6-11-15(13)14;1-3-17-19(16,18-4-2)12-13-9-10-14-7-5-6-8-15(14)11-13;1-3-13-15(12,14-4-2)10-11-8-6-5-7-9-11/h5-13H,3-4,14H2,1-2H3;2*5-13H,3-4,14H2,1-2H3;2*5-11H,3-4,12H2,1-2H3;5-9H,3-4,10H2,1-2H3. The van der Waals surface area contributed by atoms with Gasteiger partial charge in [0.2, 0.25) is 0 Å². The van der Waals surface area contributed by atoms with Crippen LogP contribution in [-0.4, -0.2) is 79.3 Å². The predicted octanol–water partition coefficient (Wildman–Crippen LogP) is 28.7. The van der Waals surface area contributed by atoms with Crippen LogP contribution in [0.4, 0.5) is 0 Å². The van der Waals surface area contributed by atoms with Gasteiger partial charge in [-0.1, -0.05) is 273 Å². The molecule has 0 aliphatic carbocycles. The minimum Gasteiger partial charge on any atom is -0.309 e. The molecule has 0 N–H and O–H groups in total. The van der Waals surface area contributed by atoms with E-state index in [1.54, 1.807) is 0 Å². The van der Waals surface area contributed by atoms with Gasteiger partial charge in [-0.2, -0.15) is 0 Å². The molecule has 12 rings (SSSR count). The van der Waals surface area contributed by atoms with Gasteiger partial charge in [0, 0.05) is 0 Å². The maximum atomic E-state index is 13.0. The number of hydrogen-bond acceptors (Lipinski definition) is 18. The zero-order chi connectivity index (χ0) is 85.1. The Morgan fingerprint density at radius 1 is 0.195 bits per heavy atom. The summed E-state index contributed by atoms with van der Waals surface area (Å²) in [6, 6.07) is 92.6. The minimum absolute atomic E-state index is 0.288. The van der Waals surface area contributed by atoms with Crippen molar-refractivity contribution in [2.45, 2.75) is 120 Å². The zero-order valence-electron chi connectivity index (χ0n) is 70.3. The van der Waals surface area contributed by atoms with Crippen LogP contribution in [0.3, 0.4) is 0 Å². The highest BCUT2D eigenvalue weighted by molar-refractivity contribution is 7.54. The molecule has 0 spiro atoms. The van der Waals surface area contributed by atoms with Crippen LogP contribution < -0.4 is 0 Å². The number of hydrogen-bond donors (Lipinski definition) is 0. The predicted molar refractivity (Wildman–Crippen MR) is 487 cm³/mol. The quantitative estimate of drug-likeness (QED) is 0.0260. The third-order valence-corrected chi connectivity index (χ3v) is 29.9. The van der Waals surface area contributed by atoms with E-state index in [2.05, 4.69) is 48.5 Å². The van der Waals surface area contributed by atoms with E-state index in [9.17, 15) is 27.4 Å². The summed E-state index contributed by atoms with van der Waals surface area (Å²) >= 11 is 0. The average molecular weight is 1720 g/mol. The average Bonchev–Trinajstić information content (AvgIpc) is 0.730. The minimum atomic E-state index is -3.15. The first-order chi connectivity index (χ1) is 57.1. The highest BCUT2D eigenvalue weighted by Crippen LogP contribution is 2.57. The van der Waals surface area contributed by atoms with Gasteiger partial charge in [0.15, 0.2) is 0 Å². The van der Waals surface area contributed by atoms with Crippen molar-refractivity contribution in [3.05, 3.63) is 312 Å². The van der Waals surface area contributed by atoms with E-state index in [1.807, 2.05) is 314 Å². The molecule has 0 radical (unpaired) electrons. The Bertz CT molecular complexity index is 5130. The highest BCUT2D eigenvalue weighted by atomic mass is 31.2. The van der Waals surface area contributed by atoms with Crippen molar-refractivity contribution in [1.82, 2.24) is 0 Å². The maximum absolute atomic E-state index is 13.0. The highest BCUT2D eigenvalue weighted by Gasteiger charge is 2.30. The molecule has 0 bridgehead atoms. The molecule has 0 amide bonds. The van der Waals surface area contributed by atoms with Crippen LogP contribution in [0.5, 0.6) is 0 Å². The molecule has 0 atom stereocenters. The fourth-order valence-corrected chi connectivity index (χ4v) is 23.4. The maximum Gasteiger partial charge on any atom is 0.335 e. The van der Waals surface area contributed by atoms with E-state index in [0.717, 1.165) is 87.8 Å². The molecule has 0 aromatic heterocycles. The number of rotatable bonds is 38. The largest absolute Gasteiger partial charge is 0.335 e. The third kappa shape index (κ3) is 31.9. The van der Waals surface area contributed by atoms with E-state index in [0.29, 0.717) is 110 Å². The van der Waals surface area contributed by atoms with Crippen molar-refractivity contribution in [2.24, 2.45) is 0 Å². The van der Waals surface area contributed by atoms with Crippen LogP contribution in [-0.2, 0) is 119 Å². The molecular formula is C94H118O18P6. The van der Waals surface area contributed by atoms with Gasteiger partial charge in [-0.15, -0.1) is 0 Å². The molecule has 118 heavy (non-hydrogen) atoms. The normalized spacial score (nSPS) is 11.8. The third-order valence-electron chi connectivity index (χ3n) is 17.7. The SMILES string of the molecule is CCOP(=O)(Cc1c2ccccc2cc2ccccc12)OCC.CCOP(=O)(Cc1ccc(-c2ccccc2)cc1)OCC.CCOP(=O)(Cc1ccc2ccccc2c1)OCC.CCOP(=O)(Cc1cccc2ccccc12)OCC.CCOP(=O)(Cc1ccccc1)OCC.CCOP(=O)(Cc1ccccc1-c1ccccc1)OCC. The summed E-state index contributed by atoms with van der Waals surface area (Å²) in [7, 11) is -18.3. The molecule has 12 aromatic carbocycles. The number of benzene rings is 12. The van der Waals surface area contributed by atoms with Crippen molar-refractivity contribution >= 4 is 88.7 Å². The van der Waals surface area contributed by atoms with Crippen LogP contribution in [0.15, 0.2) is 279 Å². The Hall–Kier alpha value is -7.42. The van der Waals surface area contributed by atoms with E-state index < -0.39 is 45.6 Å². The molecule has 0 unspecified atom stereocenters. The van der Waals surface area contributed by atoms with Crippen molar-refractivity contribution in [3.63, 3.8) is 0 Å². The zero-order valence-corrected chi connectivity index (χ0v) is 75.7. The Morgan fingerprint density at radius 2 is 0.483 bits per heavy atom. The summed E-state index contributed by atoms with van der Waals surface area (Å²) in [6.07, 6.45) is 1.87. The summed E-state index contributed by atoms with van der Waals surface area (Å²) in [5, 5.41) is 9.04. The first kappa shape index (κ1) is 97.7. The van der Waals surface area contributed by atoms with Crippen molar-refractivity contribution in [3.8, 4) is 22.3 Å². The molecule has 632 valence electrons. The smallest absolute Gasteiger partial charge is 0.309 e. The van der Waals surface area contributed by atoms with Gasteiger partial charge in [0.05, 0.1) is 116 Å². The molecule has 0 aliphatic heterocycles. The van der Waals surface area contributed by atoms with E-state index in [-0.39, 0.29) is 6.16 Å². The lowest BCUT2D eigenvalue weighted by Crippen LogP contribution is -2.00. The van der Waals surface area contributed by atoms with Crippen molar-refractivity contribution in [2.75, 3.05) is 79.3 Å². The van der Waals surface area contributed by atoms with Gasteiger partial charge in [-0.25, -0.2) is 0 Å². The van der Waals surface area contributed by atoms with Gasteiger partial charge in [-0.05, 0) is 188 Å². The summed E-state index contributed by atoms with van der Waals surface area (Å²) in [4.78, 5) is 0. The topological polar surface area (TPSA) is 213 Å². The molecular weight excluding hydrogens is 1600 g/mol. The summed E-state index contributed by atoms with van der Waals surface area (Å²) in [6.45, 7) is 26.6. The van der Waals surface area contributed by atoms with Gasteiger partial charge in [0.1, 0.15) is 0 Å². The van der Waals surface area contributed by atoms with Gasteiger partial charge < -0.3 is 54.3 Å². The van der Waals surface area contributed by atoms with Gasteiger partial charge >= 0.3 is 45.6 Å². The summed E-state index contributed by atoms with van der Waals surface area (Å²) in [5.41, 5.74) is 10.4. The number of fused-ring (bicyclic) bond motifs is 4. The molecule has 0 aliphatic rings. The van der Waals surface area contributed by atoms with E-state index >= 15 is 0 Å². The molecule has 0 saturated heterocycles. The van der Waals surface area contributed by atoms with Crippen LogP contribution in [0, 0.1) is 0 Å². The van der Waals surface area contributed by atoms with Crippen LogP contribution in [0.25, 0.3) is 65.3 Å². The second kappa shape index (κ2) is 51.4. The second-order valence-electron chi connectivity index (χ2n) is 26.3. The molecule has 0 saturated carbocycles. The van der Waals surface area contributed by atoms with Gasteiger partial charge in [0.25, 0.3) is 0 Å². The van der Waals surface area contributed by atoms with E-state index in [1.165, 1.54) is 10.9 Å². The van der Waals surface area contributed by atoms with E-state index in [4.69, 9.17) is 54.3 Å². The molecule has 24 heteroatoms. The first-order valence-corrected chi connectivity index (χ1v) is 50.9.